The predicted molar refractivity (Wildman–Crippen MR) is 78.1 cm³/mol. The molecule has 5 nitrogen and oxygen atoms in total. The van der Waals surface area contributed by atoms with Crippen LogP contribution in [0, 0.1) is 0 Å². The summed E-state index contributed by atoms with van der Waals surface area (Å²) in [4.78, 5) is 0. The Hall–Kier alpha value is -1.34. The largest absolute Gasteiger partial charge is 0.420 e. The number of benzene rings is 1. The number of rotatable bonds is 4. The molecule has 1 saturated heterocycles. The number of aromatic nitrogens is 2. The molecule has 0 aliphatic carbocycles. The molecule has 2 aromatic rings. The maximum atomic E-state index is 11.4. The van der Waals surface area contributed by atoms with Gasteiger partial charge in [0.2, 0.25) is 11.8 Å². The van der Waals surface area contributed by atoms with Crippen molar-refractivity contribution in [3.05, 3.63) is 36.2 Å². The van der Waals surface area contributed by atoms with Crippen LogP contribution in [0.3, 0.4) is 0 Å². The minimum Gasteiger partial charge on any atom is -0.420 e. The standard InChI is InChI=1S/C13H14N2O3S2/c16-20(17)7-6-11(9-20)19-8-12-14-15-13(18-12)10-4-2-1-3-5-10/h1-5,11H,6-9H2/t11-/m0/s1. The first kappa shape index (κ1) is 13.6. The second kappa shape index (κ2) is 5.57. The van der Waals surface area contributed by atoms with Gasteiger partial charge in [0.25, 0.3) is 0 Å². The zero-order valence-electron chi connectivity index (χ0n) is 10.7. The monoisotopic (exact) mass is 310 g/mol. The Balaban J connectivity index is 1.61. The van der Waals surface area contributed by atoms with Crippen molar-refractivity contribution in [1.29, 1.82) is 0 Å². The molecular weight excluding hydrogens is 296 g/mol. The van der Waals surface area contributed by atoms with E-state index in [-0.39, 0.29) is 11.0 Å². The Kier molecular flexibility index (Phi) is 3.80. The average molecular weight is 310 g/mol. The second-order valence-electron chi connectivity index (χ2n) is 4.70. The lowest BCUT2D eigenvalue weighted by molar-refractivity contribution is 0.528. The minimum absolute atomic E-state index is 0.145. The van der Waals surface area contributed by atoms with Crippen molar-refractivity contribution < 1.29 is 12.8 Å². The van der Waals surface area contributed by atoms with Crippen LogP contribution in [0.1, 0.15) is 12.3 Å². The van der Waals surface area contributed by atoms with E-state index in [0.717, 1.165) is 5.56 Å². The Labute approximate surface area is 121 Å². The molecule has 0 unspecified atom stereocenters. The molecule has 1 aliphatic rings. The van der Waals surface area contributed by atoms with Gasteiger partial charge in [-0.1, -0.05) is 18.2 Å². The highest BCUT2D eigenvalue weighted by molar-refractivity contribution is 8.01. The maximum Gasteiger partial charge on any atom is 0.247 e. The zero-order valence-corrected chi connectivity index (χ0v) is 12.4. The molecule has 0 radical (unpaired) electrons. The first-order chi connectivity index (χ1) is 9.62. The van der Waals surface area contributed by atoms with E-state index in [1.54, 1.807) is 11.8 Å². The van der Waals surface area contributed by atoms with Crippen LogP contribution >= 0.6 is 11.8 Å². The van der Waals surface area contributed by atoms with Gasteiger partial charge in [-0.05, 0) is 18.6 Å². The van der Waals surface area contributed by atoms with Gasteiger partial charge in [0.05, 0.1) is 17.3 Å². The van der Waals surface area contributed by atoms with Crippen molar-refractivity contribution in [3.8, 4) is 11.5 Å². The molecule has 1 aromatic carbocycles. The highest BCUT2D eigenvalue weighted by Crippen LogP contribution is 2.27. The van der Waals surface area contributed by atoms with Crippen molar-refractivity contribution in [2.24, 2.45) is 0 Å². The average Bonchev–Trinajstić information content (AvgIpc) is 3.04. The van der Waals surface area contributed by atoms with Crippen molar-refractivity contribution in [3.63, 3.8) is 0 Å². The Morgan fingerprint density at radius 1 is 1.25 bits per heavy atom. The third-order valence-electron chi connectivity index (χ3n) is 3.12. The molecule has 20 heavy (non-hydrogen) atoms. The van der Waals surface area contributed by atoms with E-state index in [2.05, 4.69) is 10.2 Å². The minimum atomic E-state index is -2.83. The fraction of sp³-hybridized carbons (Fsp3) is 0.385. The van der Waals surface area contributed by atoms with Crippen LogP contribution in [-0.4, -0.2) is 35.4 Å². The maximum absolute atomic E-state index is 11.4. The molecule has 0 saturated carbocycles. The van der Waals surface area contributed by atoms with Crippen LogP contribution in [0.2, 0.25) is 0 Å². The van der Waals surface area contributed by atoms with E-state index in [1.165, 1.54) is 0 Å². The Morgan fingerprint density at radius 3 is 2.75 bits per heavy atom. The van der Waals surface area contributed by atoms with Crippen LogP contribution in [0.4, 0.5) is 0 Å². The molecule has 1 aromatic heterocycles. The van der Waals surface area contributed by atoms with E-state index >= 15 is 0 Å². The summed E-state index contributed by atoms with van der Waals surface area (Å²) >= 11 is 1.57. The number of hydrogen-bond donors (Lipinski definition) is 0. The van der Waals surface area contributed by atoms with Gasteiger partial charge in [0, 0.05) is 10.8 Å². The fourth-order valence-electron chi connectivity index (χ4n) is 2.09. The van der Waals surface area contributed by atoms with Crippen molar-refractivity contribution in [1.82, 2.24) is 10.2 Å². The lowest BCUT2D eigenvalue weighted by Gasteiger charge is -2.03. The van der Waals surface area contributed by atoms with E-state index in [4.69, 9.17) is 4.42 Å². The summed E-state index contributed by atoms with van der Waals surface area (Å²) in [6.45, 7) is 0. The van der Waals surface area contributed by atoms with Gasteiger partial charge in [-0.3, -0.25) is 0 Å². The molecule has 0 amide bonds. The van der Waals surface area contributed by atoms with Crippen LogP contribution in [0.25, 0.3) is 11.5 Å². The molecule has 1 aliphatic heterocycles. The van der Waals surface area contributed by atoms with Gasteiger partial charge in [-0.15, -0.1) is 22.0 Å². The topological polar surface area (TPSA) is 73.1 Å². The van der Waals surface area contributed by atoms with E-state index < -0.39 is 9.84 Å². The molecular formula is C13H14N2O3S2. The van der Waals surface area contributed by atoms with Gasteiger partial charge < -0.3 is 4.42 Å². The normalized spacial score (nSPS) is 21.1. The quantitative estimate of drug-likeness (QED) is 0.861. The van der Waals surface area contributed by atoms with Gasteiger partial charge in [-0.25, -0.2) is 8.42 Å². The van der Waals surface area contributed by atoms with Crippen LogP contribution in [0.5, 0.6) is 0 Å². The van der Waals surface area contributed by atoms with Gasteiger partial charge >= 0.3 is 0 Å². The van der Waals surface area contributed by atoms with Gasteiger partial charge in [0.1, 0.15) is 0 Å². The van der Waals surface area contributed by atoms with Gasteiger partial charge in [0.15, 0.2) is 9.84 Å². The lowest BCUT2D eigenvalue weighted by atomic mass is 10.2. The zero-order chi connectivity index (χ0) is 14.0. The van der Waals surface area contributed by atoms with E-state index in [1.807, 2.05) is 30.3 Å². The molecule has 1 atom stereocenters. The van der Waals surface area contributed by atoms with Crippen molar-refractivity contribution >= 4 is 21.6 Å². The molecule has 1 fully saturated rings. The summed E-state index contributed by atoms with van der Waals surface area (Å²) in [5.41, 5.74) is 0.889. The number of thioether (sulfide) groups is 1. The molecule has 7 heteroatoms. The predicted octanol–water partition coefficient (Wildman–Crippen LogP) is 2.16. The summed E-state index contributed by atoms with van der Waals surface area (Å²) in [5.74, 6) is 2.15. The number of sulfone groups is 1. The highest BCUT2D eigenvalue weighted by Gasteiger charge is 2.28. The van der Waals surface area contributed by atoms with E-state index in [0.29, 0.717) is 29.7 Å². The summed E-state index contributed by atoms with van der Waals surface area (Å²) in [5, 5.41) is 8.16. The smallest absolute Gasteiger partial charge is 0.247 e. The van der Waals surface area contributed by atoms with Crippen molar-refractivity contribution in [2.75, 3.05) is 11.5 Å². The van der Waals surface area contributed by atoms with Gasteiger partial charge in [-0.2, -0.15) is 0 Å². The number of hydrogen-bond acceptors (Lipinski definition) is 6. The lowest BCUT2D eigenvalue weighted by Crippen LogP contribution is -2.06. The fourth-order valence-corrected chi connectivity index (χ4v) is 5.57. The summed E-state index contributed by atoms with van der Waals surface area (Å²) in [6.07, 6.45) is 0.715. The Bertz CT molecular complexity index is 683. The van der Waals surface area contributed by atoms with Crippen LogP contribution in [-0.2, 0) is 15.6 Å². The third-order valence-corrected chi connectivity index (χ3v) is 6.39. The summed E-state index contributed by atoms with van der Waals surface area (Å²) in [6, 6.07) is 9.58. The number of nitrogens with zero attached hydrogens (tertiary/aromatic N) is 2. The molecule has 3 rings (SSSR count). The first-order valence-electron chi connectivity index (χ1n) is 6.32. The highest BCUT2D eigenvalue weighted by atomic mass is 32.2. The summed E-state index contributed by atoms with van der Waals surface area (Å²) in [7, 11) is -2.83. The summed E-state index contributed by atoms with van der Waals surface area (Å²) < 4.78 is 28.3. The molecule has 106 valence electrons. The molecule has 0 N–H and O–H groups in total. The van der Waals surface area contributed by atoms with Crippen molar-refractivity contribution in [2.45, 2.75) is 17.4 Å². The Morgan fingerprint density at radius 2 is 2.05 bits per heavy atom. The van der Waals surface area contributed by atoms with Crippen LogP contribution in [0.15, 0.2) is 34.7 Å². The molecule has 2 heterocycles. The van der Waals surface area contributed by atoms with E-state index in [9.17, 15) is 8.42 Å². The third kappa shape index (κ3) is 3.21. The SMILES string of the molecule is O=S1(=O)CC[C@H](SCc2nnc(-c3ccccc3)o2)C1. The molecule has 0 spiro atoms. The second-order valence-corrected chi connectivity index (χ2v) is 8.22. The first-order valence-corrected chi connectivity index (χ1v) is 9.19. The molecule has 0 bridgehead atoms. The van der Waals surface area contributed by atoms with Crippen LogP contribution < -0.4 is 0 Å².